The molecule has 0 aliphatic carbocycles. The molecule has 0 aromatic heterocycles. The van der Waals surface area contributed by atoms with Crippen molar-refractivity contribution in [1.82, 2.24) is 14.9 Å². The summed E-state index contributed by atoms with van der Waals surface area (Å²) < 4.78 is 31.5. The van der Waals surface area contributed by atoms with Gasteiger partial charge in [0.1, 0.15) is 5.75 Å². The molecule has 7 nitrogen and oxygen atoms in total. The Balaban J connectivity index is 1.88. The van der Waals surface area contributed by atoms with E-state index in [9.17, 15) is 8.42 Å². The smallest absolute Gasteiger partial charge is 0.214 e. The van der Waals surface area contributed by atoms with Crippen LogP contribution in [0, 0.1) is 6.92 Å². The highest BCUT2D eigenvalue weighted by atomic mass is 32.2. The summed E-state index contributed by atoms with van der Waals surface area (Å²) >= 11 is 0. The number of hydrogen-bond donors (Lipinski definition) is 2. The van der Waals surface area contributed by atoms with Gasteiger partial charge in [0, 0.05) is 32.2 Å². The average molecular weight is 425 g/mol. The molecule has 2 rings (SSSR count). The van der Waals surface area contributed by atoms with Crippen molar-refractivity contribution in [2.75, 3.05) is 39.0 Å². The molecule has 0 atom stereocenters. The summed E-state index contributed by atoms with van der Waals surface area (Å²) in [4.78, 5) is 4.70. The van der Waals surface area contributed by atoms with Gasteiger partial charge in [-0.25, -0.2) is 12.7 Å². The molecule has 8 heteroatoms. The van der Waals surface area contributed by atoms with Crippen LogP contribution in [0.15, 0.2) is 23.2 Å². The van der Waals surface area contributed by atoms with Gasteiger partial charge in [-0.15, -0.1) is 0 Å². The van der Waals surface area contributed by atoms with Gasteiger partial charge in [-0.1, -0.05) is 19.1 Å². The lowest BCUT2D eigenvalue weighted by Crippen LogP contribution is -2.50. The number of nitrogens with one attached hydrogen (secondary N) is 2. The number of ether oxygens (including phenoxy) is 1. The zero-order valence-electron chi connectivity index (χ0n) is 18.2. The Morgan fingerprint density at radius 3 is 2.62 bits per heavy atom. The number of rotatable bonds is 9. The molecule has 164 valence electrons. The first kappa shape index (κ1) is 23.5. The highest BCUT2D eigenvalue weighted by Gasteiger charge is 2.27. The normalized spacial score (nSPS) is 16.6. The molecule has 0 radical (unpaired) electrons. The number of methoxy groups -OCH3 is 1. The van der Waals surface area contributed by atoms with Gasteiger partial charge in [0.25, 0.3) is 0 Å². The third kappa shape index (κ3) is 7.19. The molecule has 0 bridgehead atoms. The van der Waals surface area contributed by atoms with Crippen molar-refractivity contribution in [2.24, 2.45) is 4.99 Å². The van der Waals surface area contributed by atoms with Crippen LogP contribution in [0.4, 0.5) is 0 Å². The van der Waals surface area contributed by atoms with Crippen LogP contribution >= 0.6 is 0 Å². The molecule has 1 aliphatic heterocycles. The molecule has 1 aromatic rings. The summed E-state index contributed by atoms with van der Waals surface area (Å²) in [6.07, 6.45) is 3.08. The molecule has 0 spiro atoms. The Labute approximate surface area is 176 Å². The van der Waals surface area contributed by atoms with Crippen LogP contribution < -0.4 is 15.4 Å². The maximum Gasteiger partial charge on any atom is 0.214 e. The topological polar surface area (TPSA) is 83.0 Å². The van der Waals surface area contributed by atoms with Gasteiger partial charge in [0.2, 0.25) is 10.0 Å². The predicted molar refractivity (Wildman–Crippen MR) is 119 cm³/mol. The Bertz CT molecular complexity index is 772. The van der Waals surface area contributed by atoms with Gasteiger partial charge in [-0.05, 0) is 56.7 Å². The SMILES string of the molecule is CCCS(=O)(=O)N1CCC(NC(=NCCc2ccc(C)c(OC)c2)NCC)CC1. The third-order valence-electron chi connectivity index (χ3n) is 5.14. The van der Waals surface area contributed by atoms with Crippen LogP contribution in [0.3, 0.4) is 0 Å². The van der Waals surface area contributed by atoms with Crippen molar-refractivity contribution in [3.8, 4) is 5.75 Å². The second-order valence-electron chi connectivity index (χ2n) is 7.45. The summed E-state index contributed by atoms with van der Waals surface area (Å²) in [5, 5.41) is 6.76. The molecule has 0 unspecified atom stereocenters. The molecule has 1 saturated heterocycles. The monoisotopic (exact) mass is 424 g/mol. The van der Waals surface area contributed by atoms with E-state index in [0.717, 1.165) is 43.1 Å². The van der Waals surface area contributed by atoms with Gasteiger partial charge in [0.15, 0.2) is 5.96 Å². The van der Waals surface area contributed by atoms with E-state index in [4.69, 9.17) is 9.73 Å². The molecule has 0 saturated carbocycles. The maximum atomic E-state index is 12.2. The average Bonchev–Trinajstić information content (AvgIpc) is 2.69. The lowest BCUT2D eigenvalue weighted by Gasteiger charge is -2.32. The van der Waals surface area contributed by atoms with Crippen molar-refractivity contribution >= 4 is 16.0 Å². The second-order valence-corrected chi connectivity index (χ2v) is 9.54. The first-order chi connectivity index (χ1) is 13.9. The first-order valence-corrected chi connectivity index (χ1v) is 12.2. The Kier molecular flexibility index (Phi) is 9.23. The minimum Gasteiger partial charge on any atom is -0.496 e. The van der Waals surface area contributed by atoms with Crippen molar-refractivity contribution in [2.45, 2.75) is 52.5 Å². The number of nitrogens with zero attached hydrogens (tertiary/aromatic N) is 2. The summed E-state index contributed by atoms with van der Waals surface area (Å²) in [7, 11) is -1.41. The van der Waals surface area contributed by atoms with Crippen molar-refractivity contribution < 1.29 is 13.2 Å². The van der Waals surface area contributed by atoms with Crippen LogP contribution in [0.5, 0.6) is 5.75 Å². The fraction of sp³-hybridized carbons (Fsp3) is 0.667. The summed E-state index contributed by atoms with van der Waals surface area (Å²) in [6.45, 7) is 8.58. The lowest BCUT2D eigenvalue weighted by molar-refractivity contribution is 0.306. The minimum absolute atomic E-state index is 0.235. The maximum absolute atomic E-state index is 12.2. The van der Waals surface area contributed by atoms with Gasteiger partial charge in [0.05, 0.1) is 12.9 Å². The molecule has 29 heavy (non-hydrogen) atoms. The molecule has 1 aliphatic rings. The fourth-order valence-corrected chi connectivity index (χ4v) is 5.04. The second kappa shape index (κ2) is 11.4. The van der Waals surface area contributed by atoms with Gasteiger partial charge in [-0.2, -0.15) is 0 Å². The summed E-state index contributed by atoms with van der Waals surface area (Å²) in [5.41, 5.74) is 2.32. The number of benzene rings is 1. The Morgan fingerprint density at radius 2 is 2.00 bits per heavy atom. The fourth-order valence-electron chi connectivity index (χ4n) is 3.50. The van der Waals surface area contributed by atoms with E-state index in [1.807, 2.05) is 20.8 Å². The number of guanidine groups is 1. The predicted octanol–water partition coefficient (Wildman–Crippen LogP) is 2.31. The molecule has 1 aromatic carbocycles. The summed E-state index contributed by atoms with van der Waals surface area (Å²) in [5.74, 6) is 1.93. The number of aryl methyl sites for hydroxylation is 1. The lowest BCUT2D eigenvalue weighted by atomic mass is 10.1. The van der Waals surface area contributed by atoms with E-state index < -0.39 is 10.0 Å². The van der Waals surface area contributed by atoms with Crippen LogP contribution in [-0.4, -0.2) is 63.8 Å². The van der Waals surface area contributed by atoms with E-state index in [1.54, 1.807) is 11.4 Å². The Hall–Kier alpha value is -1.80. The Morgan fingerprint density at radius 1 is 1.28 bits per heavy atom. The molecule has 0 amide bonds. The van der Waals surface area contributed by atoms with Crippen molar-refractivity contribution in [3.63, 3.8) is 0 Å². The van der Waals surface area contributed by atoms with E-state index in [-0.39, 0.29) is 11.8 Å². The van der Waals surface area contributed by atoms with E-state index in [0.29, 0.717) is 26.1 Å². The first-order valence-electron chi connectivity index (χ1n) is 10.6. The third-order valence-corrected chi connectivity index (χ3v) is 7.21. The molecule has 2 N–H and O–H groups in total. The van der Waals surface area contributed by atoms with Crippen LogP contribution in [-0.2, 0) is 16.4 Å². The highest BCUT2D eigenvalue weighted by molar-refractivity contribution is 7.89. The molecule has 1 heterocycles. The van der Waals surface area contributed by atoms with E-state index in [1.165, 1.54) is 5.56 Å². The molecular formula is C21H36N4O3S. The minimum atomic E-state index is -3.10. The summed E-state index contributed by atoms with van der Waals surface area (Å²) in [6, 6.07) is 6.49. The van der Waals surface area contributed by atoms with E-state index >= 15 is 0 Å². The zero-order chi connectivity index (χ0) is 21.3. The van der Waals surface area contributed by atoms with Crippen LogP contribution in [0.25, 0.3) is 0 Å². The standard InChI is InChI=1S/C21H36N4O3S/c1-5-15-29(26,27)25-13-10-19(11-14-25)24-21(22-6-2)23-12-9-18-8-7-17(3)20(16-18)28-4/h7-8,16,19H,5-6,9-15H2,1-4H3,(H2,22,23,24). The molecule has 1 fully saturated rings. The number of sulfonamides is 1. The number of piperidine rings is 1. The van der Waals surface area contributed by atoms with Crippen LogP contribution in [0.1, 0.15) is 44.2 Å². The van der Waals surface area contributed by atoms with Gasteiger partial charge < -0.3 is 15.4 Å². The van der Waals surface area contributed by atoms with E-state index in [2.05, 4.69) is 28.8 Å². The highest BCUT2D eigenvalue weighted by Crippen LogP contribution is 2.19. The van der Waals surface area contributed by atoms with Gasteiger partial charge in [-0.3, -0.25) is 4.99 Å². The zero-order valence-corrected chi connectivity index (χ0v) is 19.0. The largest absolute Gasteiger partial charge is 0.496 e. The number of hydrogen-bond acceptors (Lipinski definition) is 4. The van der Waals surface area contributed by atoms with Gasteiger partial charge >= 0.3 is 0 Å². The molecular weight excluding hydrogens is 388 g/mol. The van der Waals surface area contributed by atoms with Crippen molar-refractivity contribution in [3.05, 3.63) is 29.3 Å². The number of aliphatic imine (C=N–C) groups is 1. The van der Waals surface area contributed by atoms with Crippen molar-refractivity contribution in [1.29, 1.82) is 0 Å². The van der Waals surface area contributed by atoms with Crippen LogP contribution in [0.2, 0.25) is 0 Å². The quantitative estimate of drug-likeness (QED) is 0.470.